The van der Waals surface area contributed by atoms with Crippen LogP contribution >= 0.6 is 11.6 Å². The molecule has 2 aromatic carbocycles. The fraction of sp³-hybridized carbons (Fsp3) is 0.190. The van der Waals surface area contributed by atoms with E-state index in [0.717, 1.165) is 10.7 Å². The third-order valence-corrected chi connectivity index (χ3v) is 4.68. The van der Waals surface area contributed by atoms with Gasteiger partial charge < -0.3 is 10.4 Å². The zero-order chi connectivity index (χ0) is 21.1. The van der Waals surface area contributed by atoms with Gasteiger partial charge in [-0.05, 0) is 50.2 Å². The maximum atomic E-state index is 13.7. The van der Waals surface area contributed by atoms with E-state index in [1.54, 1.807) is 31.2 Å². The van der Waals surface area contributed by atoms with E-state index in [2.05, 4.69) is 10.4 Å². The highest BCUT2D eigenvalue weighted by molar-refractivity contribution is 6.30. The van der Waals surface area contributed by atoms with E-state index in [-0.39, 0.29) is 11.3 Å². The monoisotopic (exact) mass is 415 g/mol. The van der Waals surface area contributed by atoms with Gasteiger partial charge in [-0.25, -0.2) is 4.39 Å². The van der Waals surface area contributed by atoms with Crippen LogP contribution in [0.2, 0.25) is 5.02 Å². The minimum atomic E-state index is -0.804. The van der Waals surface area contributed by atoms with Crippen LogP contribution in [0.3, 0.4) is 0 Å². The SMILES string of the molecule is C[C@H](O)[C@H](C)NC(=O)c1cc(-c2ccc(Cl)cc2)nn(-c2cccc(F)c2)c1=O. The minimum Gasteiger partial charge on any atom is -0.391 e. The summed E-state index contributed by atoms with van der Waals surface area (Å²) in [7, 11) is 0. The van der Waals surface area contributed by atoms with E-state index in [9.17, 15) is 19.1 Å². The van der Waals surface area contributed by atoms with E-state index in [1.165, 1.54) is 31.2 Å². The number of aliphatic hydroxyl groups is 1. The van der Waals surface area contributed by atoms with Crippen molar-refractivity contribution >= 4 is 17.5 Å². The maximum Gasteiger partial charge on any atom is 0.284 e. The molecule has 0 radical (unpaired) electrons. The van der Waals surface area contributed by atoms with Crippen LogP contribution in [0.15, 0.2) is 59.4 Å². The van der Waals surface area contributed by atoms with E-state index in [1.807, 2.05) is 0 Å². The molecule has 0 aliphatic carbocycles. The molecular weight excluding hydrogens is 397 g/mol. The van der Waals surface area contributed by atoms with E-state index in [0.29, 0.717) is 16.3 Å². The number of benzene rings is 2. The summed E-state index contributed by atoms with van der Waals surface area (Å²) >= 11 is 5.93. The van der Waals surface area contributed by atoms with Crippen LogP contribution in [0.5, 0.6) is 0 Å². The summed E-state index contributed by atoms with van der Waals surface area (Å²) in [6.45, 7) is 3.15. The lowest BCUT2D eigenvalue weighted by Crippen LogP contribution is -2.42. The predicted octanol–water partition coefficient (Wildman–Crippen LogP) is 3.19. The lowest BCUT2D eigenvalue weighted by atomic mass is 10.1. The molecule has 2 atom stereocenters. The van der Waals surface area contributed by atoms with Crippen molar-refractivity contribution in [3.05, 3.63) is 81.4 Å². The molecule has 150 valence electrons. The molecule has 0 bridgehead atoms. The first-order chi connectivity index (χ1) is 13.8. The average Bonchev–Trinajstić information content (AvgIpc) is 2.68. The number of halogens is 2. The molecule has 0 aliphatic heterocycles. The van der Waals surface area contributed by atoms with E-state index >= 15 is 0 Å². The van der Waals surface area contributed by atoms with E-state index in [4.69, 9.17) is 11.6 Å². The Bertz CT molecular complexity index is 1100. The number of hydrogen-bond donors (Lipinski definition) is 2. The largest absolute Gasteiger partial charge is 0.391 e. The molecule has 8 heteroatoms. The number of rotatable bonds is 5. The summed E-state index contributed by atoms with van der Waals surface area (Å²) in [5, 5.41) is 17.1. The van der Waals surface area contributed by atoms with Crippen LogP contribution in [0.1, 0.15) is 24.2 Å². The second kappa shape index (κ2) is 8.55. The number of nitrogens with zero attached hydrogens (tertiary/aromatic N) is 2. The lowest BCUT2D eigenvalue weighted by Gasteiger charge is -2.17. The Kier molecular flexibility index (Phi) is 6.10. The van der Waals surface area contributed by atoms with Crippen molar-refractivity contribution in [1.82, 2.24) is 15.1 Å². The van der Waals surface area contributed by atoms with Gasteiger partial charge in [0.25, 0.3) is 11.5 Å². The molecule has 3 rings (SSSR count). The van der Waals surface area contributed by atoms with Crippen LogP contribution in [0, 0.1) is 5.82 Å². The predicted molar refractivity (Wildman–Crippen MR) is 109 cm³/mol. The first-order valence-corrected chi connectivity index (χ1v) is 9.29. The Hall–Kier alpha value is -3.03. The molecule has 0 unspecified atom stereocenters. The van der Waals surface area contributed by atoms with Crippen LogP contribution < -0.4 is 10.9 Å². The number of nitrogens with one attached hydrogen (secondary N) is 1. The standard InChI is InChI=1S/C21H19ClFN3O3/c1-12(13(2)27)24-20(28)18-11-19(14-6-8-15(22)9-7-14)25-26(21(18)29)17-5-3-4-16(23)10-17/h3-13,27H,1-2H3,(H,24,28)/t12-,13-/m0/s1. The average molecular weight is 416 g/mol. The number of carbonyl (C=O) groups excluding carboxylic acids is 1. The quantitative estimate of drug-likeness (QED) is 0.670. The summed E-state index contributed by atoms with van der Waals surface area (Å²) in [4.78, 5) is 25.7. The molecule has 1 aromatic heterocycles. The Morgan fingerprint density at radius 2 is 1.86 bits per heavy atom. The molecule has 29 heavy (non-hydrogen) atoms. The smallest absolute Gasteiger partial charge is 0.284 e. The summed E-state index contributed by atoms with van der Waals surface area (Å²) in [5.74, 6) is -1.20. The Balaban J connectivity index is 2.17. The molecular formula is C21H19ClFN3O3. The van der Waals surface area contributed by atoms with Crippen molar-refractivity contribution in [1.29, 1.82) is 0 Å². The highest BCUT2D eigenvalue weighted by atomic mass is 35.5. The summed E-state index contributed by atoms with van der Waals surface area (Å²) in [5.41, 5.74) is 0.256. The van der Waals surface area contributed by atoms with Gasteiger partial charge in [-0.2, -0.15) is 9.78 Å². The topological polar surface area (TPSA) is 84.2 Å². The van der Waals surface area contributed by atoms with Crippen molar-refractivity contribution in [3.63, 3.8) is 0 Å². The zero-order valence-electron chi connectivity index (χ0n) is 15.8. The minimum absolute atomic E-state index is 0.179. The van der Waals surface area contributed by atoms with Crippen LogP contribution in [0.4, 0.5) is 4.39 Å². The van der Waals surface area contributed by atoms with Gasteiger partial charge in [0.05, 0.1) is 23.5 Å². The molecule has 2 N–H and O–H groups in total. The third-order valence-electron chi connectivity index (χ3n) is 4.43. The Morgan fingerprint density at radius 3 is 2.48 bits per heavy atom. The van der Waals surface area contributed by atoms with Crippen molar-refractivity contribution in [2.24, 2.45) is 0 Å². The van der Waals surface area contributed by atoms with Gasteiger partial charge in [0.2, 0.25) is 0 Å². The number of hydrogen-bond acceptors (Lipinski definition) is 4. The Morgan fingerprint density at radius 1 is 1.17 bits per heavy atom. The number of amides is 1. The van der Waals surface area contributed by atoms with Gasteiger partial charge in [0, 0.05) is 10.6 Å². The first kappa shape index (κ1) is 20.7. The van der Waals surface area contributed by atoms with Gasteiger partial charge in [-0.15, -0.1) is 0 Å². The fourth-order valence-corrected chi connectivity index (χ4v) is 2.73. The molecule has 1 heterocycles. The highest BCUT2D eigenvalue weighted by Gasteiger charge is 2.20. The van der Waals surface area contributed by atoms with Crippen molar-refractivity contribution < 1.29 is 14.3 Å². The van der Waals surface area contributed by atoms with Crippen molar-refractivity contribution in [2.75, 3.05) is 0 Å². The fourth-order valence-electron chi connectivity index (χ4n) is 2.61. The van der Waals surface area contributed by atoms with Gasteiger partial charge in [0.1, 0.15) is 11.4 Å². The summed E-state index contributed by atoms with van der Waals surface area (Å²) in [6.07, 6.45) is -0.804. The van der Waals surface area contributed by atoms with Crippen molar-refractivity contribution in [2.45, 2.75) is 26.0 Å². The van der Waals surface area contributed by atoms with Gasteiger partial charge >= 0.3 is 0 Å². The molecule has 0 aliphatic rings. The molecule has 0 fully saturated rings. The second-order valence-corrected chi connectivity index (χ2v) is 7.09. The molecule has 0 saturated heterocycles. The van der Waals surface area contributed by atoms with E-state index < -0.39 is 29.4 Å². The van der Waals surface area contributed by atoms with Crippen LogP contribution in [-0.4, -0.2) is 32.9 Å². The zero-order valence-corrected chi connectivity index (χ0v) is 16.5. The van der Waals surface area contributed by atoms with Crippen molar-refractivity contribution in [3.8, 4) is 16.9 Å². The number of aliphatic hydroxyl groups excluding tert-OH is 1. The highest BCUT2D eigenvalue weighted by Crippen LogP contribution is 2.20. The van der Waals surface area contributed by atoms with Crippen LogP contribution in [-0.2, 0) is 0 Å². The van der Waals surface area contributed by atoms with Crippen LogP contribution in [0.25, 0.3) is 16.9 Å². The van der Waals surface area contributed by atoms with Gasteiger partial charge in [0.15, 0.2) is 0 Å². The first-order valence-electron chi connectivity index (χ1n) is 8.91. The third kappa shape index (κ3) is 4.70. The molecule has 0 saturated carbocycles. The number of aromatic nitrogens is 2. The Labute approximate surface area is 171 Å². The maximum absolute atomic E-state index is 13.7. The van der Waals surface area contributed by atoms with Gasteiger partial charge in [-0.3, -0.25) is 9.59 Å². The lowest BCUT2D eigenvalue weighted by molar-refractivity contribution is 0.0871. The summed E-state index contributed by atoms with van der Waals surface area (Å²) in [6, 6.07) is 12.9. The molecule has 0 spiro atoms. The molecule has 1 amide bonds. The molecule has 6 nitrogen and oxygen atoms in total. The van der Waals surface area contributed by atoms with Gasteiger partial charge in [-0.1, -0.05) is 29.8 Å². The number of carbonyl (C=O) groups is 1. The normalized spacial score (nSPS) is 13.0. The molecule has 3 aromatic rings. The second-order valence-electron chi connectivity index (χ2n) is 6.65. The summed E-state index contributed by atoms with van der Waals surface area (Å²) < 4.78 is 14.7.